The lowest BCUT2D eigenvalue weighted by Gasteiger charge is -2.27. The molecule has 0 unspecified atom stereocenters. The third kappa shape index (κ3) is 4.50. The van der Waals surface area contributed by atoms with Crippen LogP contribution < -0.4 is 9.47 Å². The van der Waals surface area contributed by atoms with Crippen LogP contribution in [0.25, 0.3) is 0 Å². The smallest absolute Gasteiger partial charge is 0.253 e. The lowest BCUT2D eigenvalue weighted by Crippen LogP contribution is -2.36. The van der Waals surface area contributed by atoms with Crippen LogP contribution in [0.1, 0.15) is 48.9 Å². The van der Waals surface area contributed by atoms with Crippen molar-refractivity contribution in [1.82, 2.24) is 4.90 Å². The van der Waals surface area contributed by atoms with E-state index in [9.17, 15) is 4.79 Å². The van der Waals surface area contributed by atoms with E-state index in [-0.39, 0.29) is 5.91 Å². The zero-order valence-electron chi connectivity index (χ0n) is 14.2. The number of benzene rings is 1. The van der Waals surface area contributed by atoms with E-state index in [0.29, 0.717) is 29.7 Å². The van der Waals surface area contributed by atoms with E-state index >= 15 is 0 Å². The summed E-state index contributed by atoms with van der Waals surface area (Å²) in [5.41, 5.74) is 0.638. The average Bonchev–Trinajstić information content (AvgIpc) is 2.87. The van der Waals surface area contributed by atoms with Gasteiger partial charge in [0.1, 0.15) is 6.61 Å². The molecular formula is C19H27NO3. The van der Waals surface area contributed by atoms with Crippen molar-refractivity contribution in [3.8, 4) is 11.5 Å². The van der Waals surface area contributed by atoms with E-state index in [2.05, 4.69) is 6.58 Å². The van der Waals surface area contributed by atoms with Crippen molar-refractivity contribution in [2.75, 3.05) is 20.8 Å². The quantitative estimate of drug-likeness (QED) is 0.587. The molecule has 0 N–H and O–H groups in total. The van der Waals surface area contributed by atoms with Gasteiger partial charge in [0.15, 0.2) is 11.5 Å². The summed E-state index contributed by atoms with van der Waals surface area (Å²) in [6.07, 6.45) is 8.85. The predicted molar refractivity (Wildman–Crippen MR) is 92.3 cm³/mol. The lowest BCUT2D eigenvalue weighted by molar-refractivity contribution is 0.0717. The molecule has 0 saturated heterocycles. The van der Waals surface area contributed by atoms with Gasteiger partial charge in [0.2, 0.25) is 0 Å². The highest BCUT2D eigenvalue weighted by molar-refractivity contribution is 5.95. The molecule has 1 fully saturated rings. The van der Waals surface area contributed by atoms with E-state index < -0.39 is 0 Å². The zero-order valence-corrected chi connectivity index (χ0v) is 14.2. The molecule has 1 aliphatic carbocycles. The summed E-state index contributed by atoms with van der Waals surface area (Å²) >= 11 is 0. The van der Waals surface area contributed by atoms with Crippen molar-refractivity contribution in [3.63, 3.8) is 0 Å². The van der Waals surface area contributed by atoms with Crippen LogP contribution in [-0.2, 0) is 0 Å². The number of hydrogen-bond acceptors (Lipinski definition) is 3. The first-order valence-corrected chi connectivity index (χ1v) is 8.36. The zero-order chi connectivity index (χ0) is 16.7. The van der Waals surface area contributed by atoms with Gasteiger partial charge in [-0.3, -0.25) is 4.79 Å². The van der Waals surface area contributed by atoms with Crippen molar-refractivity contribution in [1.29, 1.82) is 0 Å². The minimum atomic E-state index is 0.0467. The Kier molecular flexibility index (Phi) is 6.51. The van der Waals surface area contributed by atoms with Gasteiger partial charge in [-0.15, -0.1) is 0 Å². The molecule has 0 heterocycles. The Hall–Kier alpha value is -1.97. The van der Waals surface area contributed by atoms with E-state index in [1.807, 2.05) is 11.9 Å². The van der Waals surface area contributed by atoms with E-state index in [4.69, 9.17) is 9.47 Å². The fourth-order valence-electron chi connectivity index (χ4n) is 3.08. The molecule has 1 saturated carbocycles. The molecule has 0 aliphatic heterocycles. The van der Waals surface area contributed by atoms with Crippen LogP contribution in [0, 0.1) is 0 Å². The second kappa shape index (κ2) is 8.61. The monoisotopic (exact) mass is 317 g/mol. The molecule has 1 amide bonds. The molecule has 23 heavy (non-hydrogen) atoms. The van der Waals surface area contributed by atoms with Crippen LogP contribution in [0.3, 0.4) is 0 Å². The Morgan fingerprint density at radius 1 is 1.26 bits per heavy atom. The Labute approximate surface area is 139 Å². The number of methoxy groups -OCH3 is 1. The lowest BCUT2D eigenvalue weighted by atomic mass is 10.1. The van der Waals surface area contributed by atoms with Gasteiger partial charge in [0.25, 0.3) is 5.91 Å². The van der Waals surface area contributed by atoms with Crippen LogP contribution in [-0.4, -0.2) is 37.6 Å². The number of rotatable bonds is 6. The van der Waals surface area contributed by atoms with E-state index in [1.54, 1.807) is 31.4 Å². The minimum Gasteiger partial charge on any atom is -0.493 e. The minimum absolute atomic E-state index is 0.0467. The predicted octanol–water partition coefficient (Wildman–Crippen LogP) is 4.05. The number of carbonyl (C=O) groups is 1. The summed E-state index contributed by atoms with van der Waals surface area (Å²) in [6, 6.07) is 5.69. The molecular weight excluding hydrogens is 290 g/mol. The average molecular weight is 317 g/mol. The highest BCUT2D eigenvalue weighted by atomic mass is 16.5. The molecule has 4 heteroatoms. The first-order chi connectivity index (χ1) is 11.2. The number of amides is 1. The molecule has 1 aromatic carbocycles. The highest BCUT2D eigenvalue weighted by Crippen LogP contribution is 2.29. The largest absolute Gasteiger partial charge is 0.493 e. The summed E-state index contributed by atoms with van der Waals surface area (Å²) in [6.45, 7) is 4.04. The van der Waals surface area contributed by atoms with Gasteiger partial charge in [0.05, 0.1) is 7.11 Å². The van der Waals surface area contributed by atoms with Gasteiger partial charge in [-0.1, -0.05) is 38.3 Å². The Bertz CT molecular complexity index is 533. The molecule has 1 aliphatic rings. The van der Waals surface area contributed by atoms with Gasteiger partial charge < -0.3 is 14.4 Å². The van der Waals surface area contributed by atoms with Crippen LogP contribution >= 0.6 is 0 Å². The molecule has 0 aromatic heterocycles. The third-order valence-electron chi connectivity index (χ3n) is 4.46. The topological polar surface area (TPSA) is 38.8 Å². The van der Waals surface area contributed by atoms with Gasteiger partial charge in [-0.25, -0.2) is 0 Å². The molecule has 0 atom stereocenters. The molecule has 2 rings (SSSR count). The van der Waals surface area contributed by atoms with Crippen molar-refractivity contribution >= 4 is 5.91 Å². The fraction of sp³-hybridized carbons (Fsp3) is 0.526. The van der Waals surface area contributed by atoms with Crippen molar-refractivity contribution < 1.29 is 14.3 Å². The van der Waals surface area contributed by atoms with Crippen molar-refractivity contribution in [2.45, 2.75) is 44.6 Å². The second-order valence-corrected chi connectivity index (χ2v) is 6.03. The third-order valence-corrected chi connectivity index (χ3v) is 4.46. The van der Waals surface area contributed by atoms with Gasteiger partial charge in [-0.2, -0.15) is 0 Å². The van der Waals surface area contributed by atoms with Crippen LogP contribution in [0.15, 0.2) is 30.9 Å². The number of carbonyl (C=O) groups excluding carboxylic acids is 1. The standard InChI is InChI=1S/C19H27NO3/c1-4-13-23-17-12-11-15(14-18(17)22-3)19(21)20(2)16-9-7-5-6-8-10-16/h4,11-12,14,16H,1,5-10,13H2,2-3H3. The maximum atomic E-state index is 12.8. The molecule has 1 aromatic rings. The molecule has 0 bridgehead atoms. The Balaban J connectivity index is 2.12. The van der Waals surface area contributed by atoms with Gasteiger partial charge in [0, 0.05) is 18.7 Å². The summed E-state index contributed by atoms with van der Waals surface area (Å²) in [7, 11) is 3.49. The normalized spacial score (nSPS) is 15.6. The second-order valence-electron chi connectivity index (χ2n) is 6.03. The molecule has 0 spiro atoms. The van der Waals surface area contributed by atoms with Crippen LogP contribution in [0.4, 0.5) is 0 Å². The number of ether oxygens (including phenoxy) is 2. The van der Waals surface area contributed by atoms with E-state index in [1.165, 1.54) is 25.7 Å². The highest BCUT2D eigenvalue weighted by Gasteiger charge is 2.23. The fourth-order valence-corrected chi connectivity index (χ4v) is 3.08. The summed E-state index contributed by atoms with van der Waals surface area (Å²) in [5, 5.41) is 0. The van der Waals surface area contributed by atoms with Crippen molar-refractivity contribution in [2.24, 2.45) is 0 Å². The summed E-state index contributed by atoms with van der Waals surface area (Å²) < 4.78 is 10.9. The first-order valence-electron chi connectivity index (χ1n) is 8.36. The molecule has 4 nitrogen and oxygen atoms in total. The van der Waals surface area contributed by atoms with Crippen molar-refractivity contribution in [3.05, 3.63) is 36.4 Å². The Morgan fingerprint density at radius 3 is 2.57 bits per heavy atom. The maximum Gasteiger partial charge on any atom is 0.253 e. The van der Waals surface area contributed by atoms with E-state index in [0.717, 1.165) is 12.8 Å². The van der Waals surface area contributed by atoms with Gasteiger partial charge >= 0.3 is 0 Å². The maximum absolute atomic E-state index is 12.8. The number of nitrogens with zero attached hydrogens (tertiary/aromatic N) is 1. The SMILES string of the molecule is C=CCOc1ccc(C(=O)N(C)C2CCCCCC2)cc1OC. The Morgan fingerprint density at radius 2 is 1.96 bits per heavy atom. The van der Waals surface area contributed by atoms with Gasteiger partial charge in [-0.05, 0) is 31.0 Å². The number of hydrogen-bond donors (Lipinski definition) is 0. The van der Waals surface area contributed by atoms with Crippen LogP contribution in [0.5, 0.6) is 11.5 Å². The molecule has 126 valence electrons. The first kappa shape index (κ1) is 17.4. The molecule has 0 radical (unpaired) electrons. The van der Waals surface area contributed by atoms with Crippen LogP contribution in [0.2, 0.25) is 0 Å². The summed E-state index contributed by atoms with van der Waals surface area (Å²) in [4.78, 5) is 14.7. The summed E-state index contributed by atoms with van der Waals surface area (Å²) in [5.74, 6) is 1.25.